The zero-order valence-electron chi connectivity index (χ0n) is 10.3. The van der Waals surface area contributed by atoms with Crippen molar-refractivity contribution in [2.24, 2.45) is 5.41 Å². The highest BCUT2D eigenvalue weighted by Crippen LogP contribution is 2.41. The molecule has 1 N–H and O–H groups in total. The van der Waals surface area contributed by atoms with E-state index in [1.807, 2.05) is 0 Å². The van der Waals surface area contributed by atoms with Crippen LogP contribution in [0.1, 0.15) is 33.6 Å². The standard InChI is InChI=1S/C11H18F3NO2/c1-9(2,3)8(16)17-10(11(12,13)14)4-6-15-7-5-10/h15H,4-7H2,1-3H3. The van der Waals surface area contributed by atoms with E-state index in [0.717, 1.165) is 0 Å². The first-order valence-electron chi connectivity index (χ1n) is 5.59. The molecule has 0 aliphatic carbocycles. The Bertz CT molecular complexity index is 288. The van der Waals surface area contributed by atoms with Gasteiger partial charge in [0.05, 0.1) is 5.41 Å². The van der Waals surface area contributed by atoms with Crippen molar-refractivity contribution in [2.75, 3.05) is 13.1 Å². The maximum atomic E-state index is 13.0. The maximum absolute atomic E-state index is 13.0. The van der Waals surface area contributed by atoms with Gasteiger partial charge in [0, 0.05) is 12.8 Å². The zero-order valence-corrected chi connectivity index (χ0v) is 10.3. The van der Waals surface area contributed by atoms with E-state index >= 15 is 0 Å². The summed E-state index contributed by atoms with van der Waals surface area (Å²) in [5.41, 5.74) is -3.24. The van der Waals surface area contributed by atoms with E-state index in [1.54, 1.807) is 20.8 Å². The molecule has 1 rings (SSSR count). The molecule has 0 aromatic heterocycles. The highest BCUT2D eigenvalue weighted by molar-refractivity contribution is 5.76. The average molecular weight is 253 g/mol. The van der Waals surface area contributed by atoms with Gasteiger partial charge in [0.15, 0.2) is 0 Å². The number of nitrogens with one attached hydrogen (secondary N) is 1. The molecule has 100 valence electrons. The number of ether oxygens (including phenoxy) is 1. The van der Waals surface area contributed by atoms with Crippen LogP contribution >= 0.6 is 0 Å². The Morgan fingerprint density at radius 1 is 1.18 bits per heavy atom. The molecule has 17 heavy (non-hydrogen) atoms. The van der Waals surface area contributed by atoms with Crippen LogP contribution in [0.15, 0.2) is 0 Å². The van der Waals surface area contributed by atoms with Crippen LogP contribution in [-0.4, -0.2) is 30.8 Å². The molecule has 0 aromatic rings. The Balaban J connectivity index is 2.89. The third-order valence-corrected chi connectivity index (χ3v) is 2.83. The van der Waals surface area contributed by atoms with E-state index < -0.39 is 23.2 Å². The van der Waals surface area contributed by atoms with E-state index in [9.17, 15) is 18.0 Å². The van der Waals surface area contributed by atoms with Crippen LogP contribution in [0.2, 0.25) is 0 Å². The van der Waals surface area contributed by atoms with Crippen molar-refractivity contribution in [2.45, 2.75) is 45.4 Å². The molecule has 1 heterocycles. The number of hydrogen-bond acceptors (Lipinski definition) is 3. The molecule has 0 amide bonds. The van der Waals surface area contributed by atoms with Gasteiger partial charge in [0.2, 0.25) is 5.60 Å². The summed E-state index contributed by atoms with van der Waals surface area (Å²) in [4.78, 5) is 11.6. The van der Waals surface area contributed by atoms with Crippen LogP contribution in [0.3, 0.4) is 0 Å². The molecule has 3 nitrogen and oxygen atoms in total. The number of piperidine rings is 1. The highest BCUT2D eigenvalue weighted by Gasteiger charge is 2.58. The Morgan fingerprint density at radius 2 is 1.65 bits per heavy atom. The Hall–Kier alpha value is -0.780. The number of esters is 1. The van der Waals surface area contributed by atoms with Crippen molar-refractivity contribution in [1.29, 1.82) is 0 Å². The van der Waals surface area contributed by atoms with Crippen LogP contribution in [-0.2, 0) is 9.53 Å². The third kappa shape index (κ3) is 3.12. The average Bonchev–Trinajstić information content (AvgIpc) is 2.16. The number of halogens is 3. The minimum atomic E-state index is -4.52. The molecule has 0 radical (unpaired) electrons. The molecule has 6 heteroatoms. The van der Waals surface area contributed by atoms with Crippen molar-refractivity contribution < 1.29 is 22.7 Å². The number of carbonyl (C=O) groups excluding carboxylic acids is 1. The lowest BCUT2D eigenvalue weighted by Crippen LogP contribution is -2.56. The van der Waals surface area contributed by atoms with E-state index in [-0.39, 0.29) is 25.9 Å². The van der Waals surface area contributed by atoms with Gasteiger partial charge in [0.1, 0.15) is 0 Å². The molecular weight excluding hydrogens is 235 g/mol. The molecule has 1 aliphatic heterocycles. The number of rotatable bonds is 1. The normalized spacial score (nSPS) is 21.1. The number of hydrogen-bond donors (Lipinski definition) is 1. The summed E-state index contributed by atoms with van der Waals surface area (Å²) in [5.74, 6) is -0.809. The summed E-state index contributed by atoms with van der Waals surface area (Å²) in [6.45, 7) is 5.04. The van der Waals surface area contributed by atoms with Gasteiger partial charge in [-0.15, -0.1) is 0 Å². The molecule has 1 saturated heterocycles. The summed E-state index contributed by atoms with van der Waals surface area (Å²) in [6.07, 6.45) is -4.97. The Labute approximate surface area is 98.7 Å². The van der Waals surface area contributed by atoms with E-state index in [0.29, 0.717) is 0 Å². The quantitative estimate of drug-likeness (QED) is 0.728. The molecule has 0 unspecified atom stereocenters. The SMILES string of the molecule is CC(C)(C)C(=O)OC1(C(F)(F)F)CCNCC1. The van der Waals surface area contributed by atoms with Crippen LogP contribution < -0.4 is 5.32 Å². The van der Waals surface area contributed by atoms with Crippen molar-refractivity contribution in [3.05, 3.63) is 0 Å². The number of carbonyl (C=O) groups is 1. The molecule has 1 aliphatic rings. The monoisotopic (exact) mass is 253 g/mol. The second-order valence-corrected chi connectivity index (χ2v) is 5.38. The smallest absolute Gasteiger partial charge is 0.428 e. The molecule has 0 spiro atoms. The first-order chi connectivity index (χ1) is 7.58. The van der Waals surface area contributed by atoms with Crippen LogP contribution in [0.5, 0.6) is 0 Å². The van der Waals surface area contributed by atoms with Crippen molar-refractivity contribution in [1.82, 2.24) is 5.32 Å². The third-order valence-electron chi connectivity index (χ3n) is 2.83. The van der Waals surface area contributed by atoms with Crippen LogP contribution in [0.25, 0.3) is 0 Å². The first kappa shape index (κ1) is 14.3. The van der Waals surface area contributed by atoms with Gasteiger partial charge in [0.25, 0.3) is 0 Å². The Kier molecular flexibility index (Phi) is 3.76. The van der Waals surface area contributed by atoms with Gasteiger partial charge in [-0.25, -0.2) is 0 Å². The van der Waals surface area contributed by atoms with Gasteiger partial charge in [-0.05, 0) is 33.9 Å². The lowest BCUT2D eigenvalue weighted by Gasteiger charge is -2.39. The van der Waals surface area contributed by atoms with E-state index in [2.05, 4.69) is 5.32 Å². The summed E-state index contributed by atoms with van der Waals surface area (Å²) < 4.78 is 43.9. The largest absolute Gasteiger partial charge is 0.449 e. The zero-order chi connectivity index (χ0) is 13.3. The van der Waals surface area contributed by atoms with Crippen LogP contribution in [0.4, 0.5) is 13.2 Å². The predicted octanol–water partition coefficient (Wildman–Crippen LogP) is 2.26. The van der Waals surface area contributed by atoms with Crippen LogP contribution in [0, 0.1) is 5.41 Å². The molecule has 1 fully saturated rings. The first-order valence-corrected chi connectivity index (χ1v) is 5.59. The van der Waals surface area contributed by atoms with Gasteiger partial charge in [-0.3, -0.25) is 4.79 Å². The second-order valence-electron chi connectivity index (χ2n) is 5.38. The minimum Gasteiger partial charge on any atom is -0.449 e. The van der Waals surface area contributed by atoms with Gasteiger partial charge < -0.3 is 10.1 Å². The predicted molar refractivity (Wildman–Crippen MR) is 56.4 cm³/mol. The molecule has 0 bridgehead atoms. The second kappa shape index (κ2) is 4.48. The molecule has 0 aromatic carbocycles. The number of alkyl halides is 3. The van der Waals surface area contributed by atoms with E-state index in [4.69, 9.17) is 4.74 Å². The van der Waals surface area contributed by atoms with Gasteiger partial charge in [-0.2, -0.15) is 13.2 Å². The summed E-state index contributed by atoms with van der Waals surface area (Å²) >= 11 is 0. The fourth-order valence-electron chi connectivity index (χ4n) is 1.60. The Morgan fingerprint density at radius 3 is 2.00 bits per heavy atom. The molecule has 0 atom stereocenters. The molecule has 0 saturated carbocycles. The fourth-order valence-corrected chi connectivity index (χ4v) is 1.60. The van der Waals surface area contributed by atoms with Crippen molar-refractivity contribution in [3.63, 3.8) is 0 Å². The fraction of sp³-hybridized carbons (Fsp3) is 0.909. The van der Waals surface area contributed by atoms with Crippen molar-refractivity contribution >= 4 is 5.97 Å². The summed E-state index contributed by atoms with van der Waals surface area (Å²) in [6, 6.07) is 0. The summed E-state index contributed by atoms with van der Waals surface area (Å²) in [7, 11) is 0. The topological polar surface area (TPSA) is 38.3 Å². The highest BCUT2D eigenvalue weighted by atomic mass is 19.4. The molecular formula is C11H18F3NO2. The lowest BCUT2D eigenvalue weighted by atomic mass is 9.90. The van der Waals surface area contributed by atoms with Crippen molar-refractivity contribution in [3.8, 4) is 0 Å². The van der Waals surface area contributed by atoms with E-state index in [1.165, 1.54) is 0 Å². The summed E-state index contributed by atoms with van der Waals surface area (Å²) in [5, 5.41) is 2.83. The van der Waals surface area contributed by atoms with Gasteiger partial charge in [-0.1, -0.05) is 0 Å². The lowest BCUT2D eigenvalue weighted by molar-refractivity contribution is -0.280. The van der Waals surface area contributed by atoms with Gasteiger partial charge >= 0.3 is 12.1 Å². The maximum Gasteiger partial charge on any atom is 0.428 e. The minimum absolute atomic E-state index is 0.205.